The van der Waals surface area contributed by atoms with Gasteiger partial charge in [0, 0.05) is 16.5 Å². The molecule has 204 valence electrons. The molecule has 0 saturated carbocycles. The quantitative estimate of drug-likeness (QED) is 0.278. The van der Waals surface area contributed by atoms with Crippen molar-refractivity contribution in [2.45, 2.75) is 64.7 Å². The number of ketones is 2. The fourth-order valence-electron chi connectivity index (χ4n) is 5.35. The van der Waals surface area contributed by atoms with E-state index in [-0.39, 0.29) is 40.5 Å². The van der Waals surface area contributed by atoms with Crippen LogP contribution in [0.1, 0.15) is 90.6 Å². The molecule has 0 saturated heterocycles. The Morgan fingerprint density at radius 1 is 0.825 bits per heavy atom. The molecule has 2 N–H and O–H groups in total. The molecular weight excluding hydrogens is 500 g/mol. The first kappa shape index (κ1) is 27.3. The molecule has 0 spiro atoms. The van der Waals surface area contributed by atoms with Gasteiger partial charge in [0.15, 0.2) is 11.6 Å². The molecule has 0 atom stereocenters. The van der Waals surface area contributed by atoms with Crippen molar-refractivity contribution in [2.75, 3.05) is 5.32 Å². The second kappa shape index (κ2) is 9.70. The van der Waals surface area contributed by atoms with Crippen LogP contribution in [0.5, 0.6) is 5.75 Å². The van der Waals surface area contributed by atoms with Gasteiger partial charge in [0.25, 0.3) is 0 Å². The molecule has 0 unspecified atom stereocenters. The molecule has 0 aliphatic heterocycles. The van der Waals surface area contributed by atoms with Crippen LogP contribution in [0.15, 0.2) is 66.7 Å². The lowest BCUT2D eigenvalue weighted by Crippen LogP contribution is -2.20. The van der Waals surface area contributed by atoms with Crippen molar-refractivity contribution in [3.63, 3.8) is 0 Å². The number of para-hydroxylation sites is 1. The SMILES string of the molecule is CC(C)(C)c1cc(CC(=O)Nc2cccc3ccc(C4C(=O)c5ccccc5C4=O)nc23)cc(C(C)(C)C)c1O. The molecule has 1 aromatic heterocycles. The van der Waals surface area contributed by atoms with Crippen molar-refractivity contribution in [1.29, 1.82) is 0 Å². The lowest BCUT2D eigenvalue weighted by molar-refractivity contribution is -0.115. The van der Waals surface area contributed by atoms with E-state index in [0.717, 1.165) is 22.1 Å². The molecule has 0 fully saturated rings. The van der Waals surface area contributed by atoms with Crippen molar-refractivity contribution >= 4 is 34.1 Å². The minimum atomic E-state index is -0.991. The molecule has 6 nitrogen and oxygen atoms in total. The fourth-order valence-corrected chi connectivity index (χ4v) is 5.35. The lowest BCUT2D eigenvalue weighted by Gasteiger charge is -2.28. The molecule has 3 aromatic carbocycles. The van der Waals surface area contributed by atoms with Crippen LogP contribution in [0.2, 0.25) is 0 Å². The Morgan fingerprint density at radius 2 is 1.40 bits per heavy atom. The third-order valence-electron chi connectivity index (χ3n) is 7.44. The van der Waals surface area contributed by atoms with Crippen molar-refractivity contribution in [2.24, 2.45) is 0 Å². The van der Waals surface area contributed by atoms with Crippen LogP contribution in [0.3, 0.4) is 0 Å². The van der Waals surface area contributed by atoms with Crippen LogP contribution >= 0.6 is 0 Å². The molecule has 0 bridgehead atoms. The van der Waals surface area contributed by atoms with Gasteiger partial charge in [-0.3, -0.25) is 14.4 Å². The van der Waals surface area contributed by atoms with Crippen LogP contribution in [0.4, 0.5) is 5.69 Å². The molecule has 6 heteroatoms. The van der Waals surface area contributed by atoms with E-state index in [1.54, 1.807) is 36.4 Å². The number of carbonyl (C=O) groups is 3. The van der Waals surface area contributed by atoms with Gasteiger partial charge in [-0.1, -0.05) is 96.1 Å². The van der Waals surface area contributed by atoms with Gasteiger partial charge in [-0.15, -0.1) is 0 Å². The Morgan fingerprint density at radius 3 is 1.95 bits per heavy atom. The van der Waals surface area contributed by atoms with Gasteiger partial charge in [-0.2, -0.15) is 0 Å². The fraction of sp³-hybridized carbons (Fsp3) is 0.294. The number of Topliss-reactive ketones (excluding diaryl/α,β-unsaturated/α-hetero) is 2. The molecule has 4 aromatic rings. The van der Waals surface area contributed by atoms with E-state index >= 15 is 0 Å². The van der Waals surface area contributed by atoms with Crippen LogP contribution in [-0.2, 0) is 22.0 Å². The summed E-state index contributed by atoms with van der Waals surface area (Å²) in [6.07, 6.45) is 0.109. The normalized spacial score (nSPS) is 14.1. The largest absolute Gasteiger partial charge is 0.507 e. The van der Waals surface area contributed by atoms with Gasteiger partial charge in [-0.05, 0) is 39.7 Å². The van der Waals surface area contributed by atoms with Crippen LogP contribution in [0, 0.1) is 0 Å². The number of hydrogen-bond acceptors (Lipinski definition) is 5. The second-order valence-electron chi connectivity index (χ2n) is 12.6. The number of benzene rings is 3. The highest BCUT2D eigenvalue weighted by Gasteiger charge is 2.40. The molecule has 1 heterocycles. The topological polar surface area (TPSA) is 96.4 Å². The number of pyridine rings is 1. The predicted molar refractivity (Wildman–Crippen MR) is 157 cm³/mol. The minimum absolute atomic E-state index is 0.109. The molecule has 1 aliphatic carbocycles. The zero-order valence-electron chi connectivity index (χ0n) is 23.8. The number of rotatable bonds is 4. The molecule has 5 rings (SSSR count). The third-order valence-corrected chi connectivity index (χ3v) is 7.44. The van der Waals surface area contributed by atoms with E-state index in [0.29, 0.717) is 28.0 Å². The average molecular weight is 535 g/mol. The van der Waals surface area contributed by atoms with Gasteiger partial charge >= 0.3 is 0 Å². The molecule has 40 heavy (non-hydrogen) atoms. The number of fused-ring (bicyclic) bond motifs is 2. The van der Waals surface area contributed by atoms with Gasteiger partial charge in [0.2, 0.25) is 5.91 Å². The Hall–Kier alpha value is -4.32. The Bertz CT molecular complexity index is 1620. The molecule has 1 amide bonds. The monoisotopic (exact) mass is 534 g/mol. The molecular formula is C34H34N2O4. The van der Waals surface area contributed by atoms with Gasteiger partial charge in [0.05, 0.1) is 23.3 Å². The first-order valence-corrected chi connectivity index (χ1v) is 13.5. The number of aromatic hydroxyl groups is 1. The number of hydrogen-bond donors (Lipinski definition) is 2. The summed E-state index contributed by atoms with van der Waals surface area (Å²) in [5.41, 5.74) is 4.01. The summed E-state index contributed by atoms with van der Waals surface area (Å²) in [6, 6.07) is 19.6. The van der Waals surface area contributed by atoms with E-state index in [1.165, 1.54) is 0 Å². The Kier molecular flexibility index (Phi) is 6.61. The number of amides is 1. The highest BCUT2D eigenvalue weighted by atomic mass is 16.3. The van der Waals surface area contributed by atoms with Crippen molar-refractivity contribution in [3.8, 4) is 5.75 Å². The zero-order valence-corrected chi connectivity index (χ0v) is 23.8. The van der Waals surface area contributed by atoms with Crippen molar-refractivity contribution in [3.05, 3.63) is 100 Å². The first-order chi connectivity index (χ1) is 18.8. The Balaban J connectivity index is 1.46. The number of phenols is 1. The number of anilines is 1. The number of aromatic nitrogens is 1. The second-order valence-corrected chi connectivity index (χ2v) is 12.6. The molecule has 0 radical (unpaired) electrons. The lowest BCUT2D eigenvalue weighted by atomic mass is 9.78. The summed E-state index contributed by atoms with van der Waals surface area (Å²) in [6.45, 7) is 12.2. The smallest absolute Gasteiger partial charge is 0.228 e. The maximum atomic E-state index is 13.3. The van der Waals surface area contributed by atoms with E-state index in [2.05, 4.69) is 5.32 Å². The van der Waals surface area contributed by atoms with Gasteiger partial charge in [-0.25, -0.2) is 4.98 Å². The maximum Gasteiger partial charge on any atom is 0.228 e. The van der Waals surface area contributed by atoms with Gasteiger partial charge in [0.1, 0.15) is 11.7 Å². The number of nitrogens with zero attached hydrogens (tertiary/aromatic N) is 1. The third kappa shape index (κ3) is 4.90. The first-order valence-electron chi connectivity index (χ1n) is 13.5. The zero-order chi connectivity index (χ0) is 29.0. The van der Waals surface area contributed by atoms with Crippen LogP contribution in [0.25, 0.3) is 10.9 Å². The average Bonchev–Trinajstić information content (AvgIpc) is 3.13. The van der Waals surface area contributed by atoms with Gasteiger partial charge < -0.3 is 10.4 Å². The molecule has 1 aliphatic rings. The number of nitrogens with one attached hydrogen (secondary N) is 1. The summed E-state index contributed by atoms with van der Waals surface area (Å²) in [4.78, 5) is 44.2. The van der Waals surface area contributed by atoms with E-state index in [4.69, 9.17) is 4.98 Å². The van der Waals surface area contributed by atoms with Crippen molar-refractivity contribution in [1.82, 2.24) is 4.98 Å². The highest BCUT2D eigenvalue weighted by Crippen LogP contribution is 2.40. The number of carbonyl (C=O) groups excluding carboxylic acids is 3. The van der Waals surface area contributed by atoms with E-state index < -0.39 is 5.92 Å². The predicted octanol–water partition coefficient (Wildman–Crippen LogP) is 6.88. The maximum absolute atomic E-state index is 13.3. The van der Waals surface area contributed by atoms with Crippen molar-refractivity contribution < 1.29 is 19.5 Å². The number of phenolic OH excluding ortho intramolecular Hbond substituents is 1. The summed E-state index contributed by atoms with van der Waals surface area (Å²) in [5, 5.41) is 14.8. The van der Waals surface area contributed by atoms with Crippen LogP contribution in [-0.4, -0.2) is 27.6 Å². The standard InChI is InChI=1S/C34H34N2O4/c1-33(2,3)23-16-19(17-24(32(23)40)34(4,5)6)18-27(37)35-26-13-9-10-20-14-15-25(36-29(20)26)28-30(38)21-11-7-8-12-22(21)31(28)39/h7-17,28,40H,18H2,1-6H3,(H,35,37). The van der Waals surface area contributed by atoms with Crippen LogP contribution < -0.4 is 5.32 Å². The summed E-state index contributed by atoms with van der Waals surface area (Å²) < 4.78 is 0. The highest BCUT2D eigenvalue weighted by molar-refractivity contribution is 6.29. The van der Waals surface area contributed by atoms with E-state index in [9.17, 15) is 19.5 Å². The summed E-state index contributed by atoms with van der Waals surface area (Å²) in [5.74, 6) is -1.47. The Labute approximate surface area is 234 Å². The summed E-state index contributed by atoms with van der Waals surface area (Å²) >= 11 is 0. The van der Waals surface area contributed by atoms with E-state index in [1.807, 2.05) is 71.9 Å². The minimum Gasteiger partial charge on any atom is -0.507 e. The summed E-state index contributed by atoms with van der Waals surface area (Å²) in [7, 11) is 0.